The lowest BCUT2D eigenvalue weighted by Gasteiger charge is -2.12. The first-order chi connectivity index (χ1) is 14.4. The van der Waals surface area contributed by atoms with Crippen molar-refractivity contribution < 1.29 is 23.8 Å². The van der Waals surface area contributed by atoms with Crippen molar-refractivity contribution >= 4 is 23.6 Å². The lowest BCUT2D eigenvalue weighted by Crippen LogP contribution is -2.08. The van der Waals surface area contributed by atoms with Crippen LogP contribution in [0.3, 0.4) is 0 Å². The number of nitrogens with one attached hydrogen (secondary N) is 1. The minimum absolute atomic E-state index is 0.282. The summed E-state index contributed by atoms with van der Waals surface area (Å²) in [6.07, 6.45) is 4.10. The van der Waals surface area contributed by atoms with Gasteiger partial charge in [0.2, 0.25) is 5.91 Å². The fourth-order valence-corrected chi connectivity index (χ4v) is 2.57. The van der Waals surface area contributed by atoms with E-state index >= 15 is 0 Å². The molecule has 0 bridgehead atoms. The van der Waals surface area contributed by atoms with Gasteiger partial charge >= 0.3 is 5.97 Å². The van der Waals surface area contributed by atoms with Crippen LogP contribution in [-0.2, 0) is 9.53 Å². The first-order valence-corrected chi connectivity index (χ1v) is 10.00. The van der Waals surface area contributed by atoms with Gasteiger partial charge in [0.05, 0.1) is 25.9 Å². The number of anilines is 1. The first kappa shape index (κ1) is 23.0. The Kier molecular flexibility index (Phi) is 8.94. The third-order valence-electron chi connectivity index (χ3n) is 4.23. The molecule has 0 fully saturated rings. The van der Waals surface area contributed by atoms with Gasteiger partial charge in [0.1, 0.15) is 0 Å². The molecule has 6 nitrogen and oxygen atoms in total. The van der Waals surface area contributed by atoms with Gasteiger partial charge in [-0.1, -0.05) is 19.9 Å². The molecule has 2 aromatic rings. The van der Waals surface area contributed by atoms with Gasteiger partial charge < -0.3 is 19.5 Å². The zero-order valence-corrected chi connectivity index (χ0v) is 17.9. The standard InChI is InChI=1S/C24H29NO5/c1-5-29-24(27)19-8-10-20(11-9-19)25-23(26)13-7-18-6-12-21(22(16-18)28-4)30-15-14-17(2)3/h6-13,16-17H,5,14-15H2,1-4H3,(H,25,26)/b13-7+. The van der Waals surface area contributed by atoms with E-state index in [1.54, 1.807) is 44.4 Å². The fraction of sp³-hybridized carbons (Fsp3) is 0.333. The predicted octanol–water partition coefficient (Wildman–Crippen LogP) is 4.95. The lowest BCUT2D eigenvalue weighted by molar-refractivity contribution is -0.111. The average molecular weight is 411 g/mol. The zero-order valence-electron chi connectivity index (χ0n) is 17.9. The monoisotopic (exact) mass is 411 g/mol. The molecule has 0 saturated carbocycles. The molecule has 0 radical (unpaired) electrons. The van der Waals surface area contributed by atoms with Crippen molar-refractivity contribution in [3.63, 3.8) is 0 Å². The van der Waals surface area contributed by atoms with Gasteiger partial charge in [-0.25, -0.2) is 4.79 Å². The Bertz CT molecular complexity index is 872. The minimum Gasteiger partial charge on any atom is -0.493 e. The van der Waals surface area contributed by atoms with Crippen LogP contribution in [0.4, 0.5) is 5.69 Å². The molecule has 0 atom stereocenters. The van der Waals surface area contributed by atoms with Crippen molar-refractivity contribution in [1.82, 2.24) is 0 Å². The molecule has 0 spiro atoms. The number of ether oxygens (including phenoxy) is 3. The highest BCUT2D eigenvalue weighted by Gasteiger charge is 2.07. The number of amides is 1. The maximum atomic E-state index is 12.2. The molecule has 0 aliphatic rings. The largest absolute Gasteiger partial charge is 0.493 e. The molecule has 6 heteroatoms. The molecule has 0 unspecified atom stereocenters. The van der Waals surface area contributed by atoms with Gasteiger partial charge in [-0.3, -0.25) is 4.79 Å². The van der Waals surface area contributed by atoms with Crippen LogP contribution < -0.4 is 14.8 Å². The second kappa shape index (κ2) is 11.7. The van der Waals surface area contributed by atoms with E-state index in [4.69, 9.17) is 14.2 Å². The number of methoxy groups -OCH3 is 1. The van der Waals surface area contributed by atoms with Crippen molar-refractivity contribution in [3.8, 4) is 11.5 Å². The van der Waals surface area contributed by atoms with Gasteiger partial charge in [-0.05, 0) is 67.3 Å². The summed E-state index contributed by atoms with van der Waals surface area (Å²) < 4.78 is 16.1. The minimum atomic E-state index is -0.388. The van der Waals surface area contributed by atoms with Crippen LogP contribution >= 0.6 is 0 Å². The molecule has 0 heterocycles. The molecule has 30 heavy (non-hydrogen) atoms. The molecular weight excluding hydrogens is 382 g/mol. The van der Waals surface area contributed by atoms with Gasteiger partial charge in [0.25, 0.3) is 0 Å². The summed E-state index contributed by atoms with van der Waals surface area (Å²) in [5.74, 6) is 1.20. The SMILES string of the molecule is CCOC(=O)c1ccc(NC(=O)/C=C/c2ccc(OCCC(C)C)c(OC)c2)cc1. The quantitative estimate of drug-likeness (QED) is 0.442. The van der Waals surface area contributed by atoms with Crippen molar-refractivity contribution in [2.75, 3.05) is 25.6 Å². The molecule has 1 N–H and O–H groups in total. The van der Waals surface area contributed by atoms with Crippen LogP contribution in [0.15, 0.2) is 48.5 Å². The van der Waals surface area contributed by atoms with Gasteiger partial charge in [-0.15, -0.1) is 0 Å². The number of carbonyl (C=O) groups is 2. The van der Waals surface area contributed by atoms with Gasteiger partial charge in [0, 0.05) is 11.8 Å². The average Bonchev–Trinajstić information content (AvgIpc) is 2.73. The van der Waals surface area contributed by atoms with E-state index in [0.29, 0.717) is 41.9 Å². The molecular formula is C24H29NO5. The van der Waals surface area contributed by atoms with E-state index in [2.05, 4.69) is 19.2 Å². The van der Waals surface area contributed by atoms with Crippen LogP contribution in [0, 0.1) is 5.92 Å². The van der Waals surface area contributed by atoms with Crippen LogP contribution in [0.25, 0.3) is 6.08 Å². The molecule has 1 amide bonds. The zero-order chi connectivity index (χ0) is 21.9. The molecule has 0 aliphatic carbocycles. The summed E-state index contributed by atoms with van der Waals surface area (Å²) in [7, 11) is 1.59. The molecule has 2 aromatic carbocycles. The van der Waals surface area contributed by atoms with Crippen LogP contribution in [0.1, 0.15) is 43.1 Å². The topological polar surface area (TPSA) is 73.9 Å². The second-order valence-electron chi connectivity index (χ2n) is 7.06. The van der Waals surface area contributed by atoms with E-state index in [-0.39, 0.29) is 11.9 Å². The van der Waals surface area contributed by atoms with Crippen LogP contribution in [-0.4, -0.2) is 32.2 Å². The van der Waals surface area contributed by atoms with Crippen molar-refractivity contribution in [2.24, 2.45) is 5.92 Å². The third-order valence-corrected chi connectivity index (χ3v) is 4.23. The number of esters is 1. The smallest absolute Gasteiger partial charge is 0.338 e. The Morgan fingerprint density at radius 3 is 2.43 bits per heavy atom. The van der Waals surface area contributed by atoms with E-state index in [1.807, 2.05) is 18.2 Å². The Labute approximate surface area is 177 Å². The van der Waals surface area contributed by atoms with E-state index in [9.17, 15) is 9.59 Å². The van der Waals surface area contributed by atoms with Crippen molar-refractivity contribution in [3.05, 3.63) is 59.7 Å². The highest BCUT2D eigenvalue weighted by Crippen LogP contribution is 2.29. The number of rotatable bonds is 10. The van der Waals surface area contributed by atoms with E-state index in [1.165, 1.54) is 6.08 Å². The lowest BCUT2D eigenvalue weighted by atomic mass is 10.1. The van der Waals surface area contributed by atoms with Crippen LogP contribution in [0.2, 0.25) is 0 Å². The number of benzene rings is 2. The summed E-state index contributed by atoms with van der Waals surface area (Å²) >= 11 is 0. The number of hydrogen-bond donors (Lipinski definition) is 1. The van der Waals surface area contributed by atoms with E-state index < -0.39 is 0 Å². The second-order valence-corrected chi connectivity index (χ2v) is 7.06. The highest BCUT2D eigenvalue weighted by molar-refractivity contribution is 6.02. The molecule has 160 valence electrons. The molecule has 2 rings (SSSR count). The molecule has 0 aromatic heterocycles. The van der Waals surface area contributed by atoms with E-state index in [0.717, 1.165) is 12.0 Å². The summed E-state index contributed by atoms with van der Waals surface area (Å²) in [5, 5.41) is 2.75. The van der Waals surface area contributed by atoms with Crippen LogP contribution in [0.5, 0.6) is 11.5 Å². The summed E-state index contributed by atoms with van der Waals surface area (Å²) in [6.45, 7) is 6.99. The Morgan fingerprint density at radius 2 is 1.80 bits per heavy atom. The predicted molar refractivity (Wildman–Crippen MR) is 118 cm³/mol. The number of carbonyl (C=O) groups excluding carboxylic acids is 2. The summed E-state index contributed by atoms with van der Waals surface area (Å²) in [5.41, 5.74) is 1.84. The number of hydrogen-bond acceptors (Lipinski definition) is 5. The Hall–Kier alpha value is -3.28. The molecule has 0 saturated heterocycles. The Balaban J connectivity index is 1.96. The summed E-state index contributed by atoms with van der Waals surface area (Å²) in [6, 6.07) is 12.1. The van der Waals surface area contributed by atoms with Gasteiger partial charge in [-0.2, -0.15) is 0 Å². The van der Waals surface area contributed by atoms with Crippen molar-refractivity contribution in [1.29, 1.82) is 0 Å². The van der Waals surface area contributed by atoms with Crippen molar-refractivity contribution in [2.45, 2.75) is 27.2 Å². The maximum Gasteiger partial charge on any atom is 0.338 e. The fourth-order valence-electron chi connectivity index (χ4n) is 2.57. The Morgan fingerprint density at radius 1 is 1.07 bits per heavy atom. The van der Waals surface area contributed by atoms with Gasteiger partial charge in [0.15, 0.2) is 11.5 Å². The molecule has 0 aliphatic heterocycles. The summed E-state index contributed by atoms with van der Waals surface area (Å²) in [4.78, 5) is 23.8. The maximum absolute atomic E-state index is 12.2. The first-order valence-electron chi connectivity index (χ1n) is 10.00. The highest BCUT2D eigenvalue weighted by atomic mass is 16.5. The third kappa shape index (κ3) is 7.28. The normalized spacial score (nSPS) is 10.8.